The highest BCUT2D eigenvalue weighted by Crippen LogP contribution is 2.63. The molecule has 3 fully saturated rings. The van der Waals surface area contributed by atoms with Gasteiger partial charge >= 0.3 is 0 Å². The summed E-state index contributed by atoms with van der Waals surface area (Å²) in [6.07, 6.45) is 14.1. The molecule has 6 atom stereocenters. The van der Waals surface area contributed by atoms with Crippen LogP contribution in [0.3, 0.4) is 0 Å². The number of hydrogen-bond acceptors (Lipinski definition) is 2. The Morgan fingerprint density at radius 1 is 1.03 bits per heavy atom. The normalized spacial score (nSPS) is 40.6. The van der Waals surface area contributed by atoms with Crippen molar-refractivity contribution in [3.8, 4) is 0 Å². The van der Waals surface area contributed by atoms with E-state index in [-0.39, 0.29) is 10.8 Å². The van der Waals surface area contributed by atoms with Gasteiger partial charge in [-0.15, -0.1) is 0 Å². The molecule has 0 heterocycles. The van der Waals surface area contributed by atoms with Crippen molar-refractivity contribution in [1.29, 1.82) is 0 Å². The molecule has 3 aliphatic rings. The average Bonchev–Trinajstić information content (AvgIpc) is 2.65. The lowest BCUT2D eigenvalue weighted by Gasteiger charge is -2.61. The first-order valence-corrected chi connectivity index (χ1v) is 13.5. The van der Waals surface area contributed by atoms with Crippen LogP contribution in [-0.4, -0.2) is 21.9 Å². The third-order valence-corrected chi connectivity index (χ3v) is 10.4. The van der Waals surface area contributed by atoms with E-state index in [1.165, 1.54) is 37.7 Å². The van der Waals surface area contributed by atoms with E-state index in [1.807, 2.05) is 0 Å². The van der Waals surface area contributed by atoms with Gasteiger partial charge in [0.1, 0.15) is 0 Å². The molecule has 3 aliphatic carbocycles. The summed E-state index contributed by atoms with van der Waals surface area (Å²) in [6.45, 7) is 20.6. The number of aliphatic hydroxyl groups excluding tert-OH is 1. The van der Waals surface area contributed by atoms with E-state index < -0.39 is 11.7 Å². The topological polar surface area (TPSA) is 40.5 Å². The van der Waals surface area contributed by atoms with Gasteiger partial charge in [0.05, 0.1) is 11.7 Å². The van der Waals surface area contributed by atoms with Gasteiger partial charge in [-0.25, -0.2) is 0 Å². The van der Waals surface area contributed by atoms with Crippen molar-refractivity contribution in [2.45, 2.75) is 131 Å². The van der Waals surface area contributed by atoms with Crippen molar-refractivity contribution in [3.63, 3.8) is 0 Å². The molecule has 0 radical (unpaired) electrons. The molecule has 0 bridgehead atoms. The molecule has 32 heavy (non-hydrogen) atoms. The Bertz CT molecular complexity index is 712. The van der Waals surface area contributed by atoms with Gasteiger partial charge in [-0.1, -0.05) is 59.3 Å². The van der Waals surface area contributed by atoms with Crippen LogP contribution in [0.4, 0.5) is 0 Å². The van der Waals surface area contributed by atoms with Crippen molar-refractivity contribution >= 4 is 0 Å². The van der Waals surface area contributed by atoms with Crippen molar-refractivity contribution in [2.24, 2.45) is 34.0 Å². The van der Waals surface area contributed by atoms with Gasteiger partial charge in [0.15, 0.2) is 0 Å². The number of rotatable bonds is 6. The molecule has 2 nitrogen and oxygen atoms in total. The number of fused-ring (bicyclic) bond motifs is 1. The Labute approximate surface area is 199 Å². The minimum Gasteiger partial charge on any atom is -0.390 e. The lowest BCUT2D eigenvalue weighted by Crippen LogP contribution is -2.57. The lowest BCUT2D eigenvalue weighted by atomic mass is 9.45. The van der Waals surface area contributed by atoms with Crippen LogP contribution in [0, 0.1) is 34.0 Å². The summed E-state index contributed by atoms with van der Waals surface area (Å²) in [7, 11) is 0. The summed E-state index contributed by atoms with van der Waals surface area (Å²) in [5.41, 5.74) is 2.66. The second-order valence-corrected chi connectivity index (χ2v) is 13.7. The first-order valence-electron chi connectivity index (χ1n) is 13.5. The minimum atomic E-state index is -0.580. The molecule has 184 valence electrons. The van der Waals surface area contributed by atoms with E-state index in [1.54, 1.807) is 0 Å². The van der Waals surface area contributed by atoms with Crippen LogP contribution < -0.4 is 0 Å². The monoisotopic (exact) mass is 444 g/mol. The van der Waals surface area contributed by atoms with E-state index in [9.17, 15) is 10.2 Å². The van der Waals surface area contributed by atoms with Crippen LogP contribution in [0.5, 0.6) is 0 Å². The standard InChI is InChI=1S/C30H52O2/c1-21-13-10-16-27(3,4)23(21)20-24(31)22(2)12-9-14-26-29(7)18-11-17-28(5,6)25(29)15-19-30(26,8)32/h12,23-26,31-32H,1,9-11,13-20H2,2-8H3/b22-12+/t23-,24-,25+,26-,29+,30-/m1/s1. The quantitative estimate of drug-likeness (QED) is 0.410. The van der Waals surface area contributed by atoms with Crippen molar-refractivity contribution < 1.29 is 10.2 Å². The maximum absolute atomic E-state index is 11.4. The Morgan fingerprint density at radius 2 is 1.69 bits per heavy atom. The maximum Gasteiger partial charge on any atom is 0.0753 e. The minimum absolute atomic E-state index is 0.216. The Kier molecular flexibility index (Phi) is 7.49. The highest BCUT2D eigenvalue weighted by atomic mass is 16.3. The van der Waals surface area contributed by atoms with Gasteiger partial charge in [-0.2, -0.15) is 0 Å². The Balaban J connectivity index is 1.67. The lowest BCUT2D eigenvalue weighted by molar-refractivity contribution is -0.168. The van der Waals surface area contributed by atoms with Crippen molar-refractivity contribution in [2.75, 3.05) is 0 Å². The predicted molar refractivity (Wildman–Crippen MR) is 136 cm³/mol. The smallest absolute Gasteiger partial charge is 0.0753 e. The summed E-state index contributed by atoms with van der Waals surface area (Å²) in [6, 6.07) is 0. The molecular formula is C30H52O2. The summed E-state index contributed by atoms with van der Waals surface area (Å²) >= 11 is 0. The summed E-state index contributed by atoms with van der Waals surface area (Å²) in [4.78, 5) is 0. The Hall–Kier alpha value is -0.600. The average molecular weight is 445 g/mol. The van der Waals surface area contributed by atoms with E-state index in [0.717, 1.165) is 44.1 Å². The molecule has 0 aliphatic heterocycles. The molecule has 0 spiro atoms. The molecule has 0 amide bonds. The molecule has 0 saturated heterocycles. The van der Waals surface area contributed by atoms with Gasteiger partial charge in [0.2, 0.25) is 0 Å². The number of aliphatic hydroxyl groups is 2. The fraction of sp³-hybridized carbons (Fsp3) is 0.867. The van der Waals surface area contributed by atoms with E-state index in [0.29, 0.717) is 23.2 Å². The van der Waals surface area contributed by atoms with Crippen LogP contribution in [0.1, 0.15) is 119 Å². The molecule has 3 rings (SSSR count). The highest BCUT2D eigenvalue weighted by Gasteiger charge is 2.57. The zero-order chi connectivity index (χ0) is 23.9. The summed E-state index contributed by atoms with van der Waals surface area (Å²) in [5.74, 6) is 1.42. The third kappa shape index (κ3) is 5.07. The molecule has 0 unspecified atom stereocenters. The fourth-order valence-corrected chi connectivity index (χ4v) is 8.45. The van der Waals surface area contributed by atoms with Crippen molar-refractivity contribution in [1.82, 2.24) is 0 Å². The first kappa shape index (κ1) is 26.0. The zero-order valence-electron chi connectivity index (χ0n) is 22.3. The van der Waals surface area contributed by atoms with Gasteiger partial charge in [0, 0.05) is 0 Å². The second-order valence-electron chi connectivity index (χ2n) is 13.7. The van der Waals surface area contributed by atoms with E-state index in [4.69, 9.17) is 0 Å². The maximum atomic E-state index is 11.4. The third-order valence-electron chi connectivity index (χ3n) is 10.4. The molecule has 3 saturated carbocycles. The van der Waals surface area contributed by atoms with E-state index in [2.05, 4.69) is 61.1 Å². The summed E-state index contributed by atoms with van der Waals surface area (Å²) in [5, 5.41) is 22.4. The zero-order valence-corrected chi connectivity index (χ0v) is 22.3. The van der Waals surface area contributed by atoms with Crippen LogP contribution in [0.2, 0.25) is 0 Å². The van der Waals surface area contributed by atoms with Gasteiger partial charge in [-0.3, -0.25) is 0 Å². The van der Waals surface area contributed by atoms with Crippen LogP contribution >= 0.6 is 0 Å². The molecule has 2 heteroatoms. The van der Waals surface area contributed by atoms with E-state index >= 15 is 0 Å². The van der Waals surface area contributed by atoms with Crippen molar-refractivity contribution in [3.05, 3.63) is 23.8 Å². The fourth-order valence-electron chi connectivity index (χ4n) is 8.45. The molecule has 2 N–H and O–H groups in total. The largest absolute Gasteiger partial charge is 0.390 e. The van der Waals surface area contributed by atoms with Crippen LogP contribution in [0.15, 0.2) is 23.8 Å². The van der Waals surface area contributed by atoms with Crippen LogP contribution in [0.25, 0.3) is 0 Å². The molecular weight excluding hydrogens is 392 g/mol. The predicted octanol–water partition coefficient (Wildman–Crippen LogP) is 7.84. The molecule has 0 aromatic rings. The first-order chi connectivity index (χ1) is 14.7. The SMILES string of the molecule is C=C1CCCC(C)(C)[C@@H]1C[C@@H](O)/C(C)=C/CC[C@@H]1[C@@]2(C)CCCC(C)(C)[C@@H]2CC[C@@]1(C)O. The number of allylic oxidation sites excluding steroid dienone is 2. The van der Waals surface area contributed by atoms with Gasteiger partial charge < -0.3 is 10.2 Å². The van der Waals surface area contributed by atoms with Gasteiger partial charge in [0.25, 0.3) is 0 Å². The Morgan fingerprint density at radius 3 is 2.34 bits per heavy atom. The van der Waals surface area contributed by atoms with Crippen LogP contribution in [-0.2, 0) is 0 Å². The summed E-state index contributed by atoms with van der Waals surface area (Å²) < 4.78 is 0. The second kappa shape index (κ2) is 9.21. The number of hydrogen-bond donors (Lipinski definition) is 2. The molecule has 0 aromatic carbocycles. The van der Waals surface area contributed by atoms with Gasteiger partial charge in [-0.05, 0) is 118 Å². The molecule has 0 aromatic heterocycles. The highest BCUT2D eigenvalue weighted by molar-refractivity contribution is 5.14.